The van der Waals surface area contributed by atoms with Crippen LogP contribution in [0, 0.1) is 0 Å². The maximum absolute atomic E-state index is 12.3. The zero-order valence-corrected chi connectivity index (χ0v) is 11.4. The van der Waals surface area contributed by atoms with Gasteiger partial charge in [-0.15, -0.1) is 0 Å². The molecule has 0 saturated carbocycles. The summed E-state index contributed by atoms with van der Waals surface area (Å²) in [5.41, 5.74) is 0.726. The highest BCUT2D eigenvalue weighted by Crippen LogP contribution is 2.19. The van der Waals surface area contributed by atoms with Gasteiger partial charge in [0.15, 0.2) is 0 Å². The zero-order chi connectivity index (χ0) is 12.3. The van der Waals surface area contributed by atoms with E-state index in [1.54, 1.807) is 0 Å². The molecular weight excluding hydrogens is 282 g/mol. The molecule has 1 aliphatic heterocycles. The van der Waals surface area contributed by atoms with Crippen molar-refractivity contribution in [3.63, 3.8) is 0 Å². The second-order valence-electron chi connectivity index (χ2n) is 4.13. The lowest BCUT2D eigenvalue weighted by Gasteiger charge is -2.32. The summed E-state index contributed by atoms with van der Waals surface area (Å²) < 4.78 is 6.42. The van der Waals surface area contributed by atoms with Crippen molar-refractivity contribution in [1.29, 1.82) is 0 Å². The minimum Gasteiger partial charge on any atom is -0.375 e. The van der Waals surface area contributed by atoms with E-state index in [2.05, 4.69) is 22.9 Å². The van der Waals surface area contributed by atoms with Crippen LogP contribution >= 0.6 is 15.9 Å². The SMILES string of the molecule is CCC1CN(C(=O)c2ccccc2Br)CCO1. The van der Waals surface area contributed by atoms with E-state index >= 15 is 0 Å². The van der Waals surface area contributed by atoms with Gasteiger partial charge in [-0.2, -0.15) is 0 Å². The summed E-state index contributed by atoms with van der Waals surface area (Å²) in [6.07, 6.45) is 1.12. The number of halogens is 1. The maximum atomic E-state index is 12.3. The molecular formula is C13H16BrNO2. The second-order valence-corrected chi connectivity index (χ2v) is 4.99. The van der Waals surface area contributed by atoms with Gasteiger partial charge >= 0.3 is 0 Å². The van der Waals surface area contributed by atoms with Gasteiger partial charge in [0.1, 0.15) is 0 Å². The Morgan fingerprint density at radius 3 is 3.00 bits per heavy atom. The van der Waals surface area contributed by atoms with Gasteiger partial charge in [-0.05, 0) is 34.5 Å². The Balaban J connectivity index is 2.12. The molecule has 1 heterocycles. The van der Waals surface area contributed by atoms with Gasteiger partial charge in [-0.1, -0.05) is 19.1 Å². The number of morpholine rings is 1. The number of rotatable bonds is 2. The van der Waals surface area contributed by atoms with Crippen LogP contribution in [0.15, 0.2) is 28.7 Å². The lowest BCUT2D eigenvalue weighted by Crippen LogP contribution is -2.45. The average molecular weight is 298 g/mol. The molecule has 1 aliphatic rings. The highest BCUT2D eigenvalue weighted by Gasteiger charge is 2.24. The van der Waals surface area contributed by atoms with Crippen molar-refractivity contribution in [2.24, 2.45) is 0 Å². The summed E-state index contributed by atoms with van der Waals surface area (Å²) in [4.78, 5) is 14.2. The molecule has 3 nitrogen and oxygen atoms in total. The molecule has 4 heteroatoms. The van der Waals surface area contributed by atoms with E-state index in [-0.39, 0.29) is 12.0 Å². The number of hydrogen-bond acceptors (Lipinski definition) is 2. The standard InChI is InChI=1S/C13H16BrNO2/c1-2-10-9-15(7-8-17-10)13(16)11-5-3-4-6-12(11)14/h3-6,10H,2,7-9H2,1H3. The predicted molar refractivity (Wildman–Crippen MR) is 70.1 cm³/mol. The minimum atomic E-state index is 0.0826. The molecule has 1 saturated heterocycles. The first-order chi connectivity index (χ1) is 8.22. The van der Waals surface area contributed by atoms with Gasteiger partial charge in [-0.25, -0.2) is 0 Å². The van der Waals surface area contributed by atoms with Crippen molar-refractivity contribution in [1.82, 2.24) is 4.90 Å². The summed E-state index contributed by atoms with van der Waals surface area (Å²) in [5.74, 6) is 0.0826. The number of nitrogens with zero attached hydrogens (tertiary/aromatic N) is 1. The first kappa shape index (κ1) is 12.6. The van der Waals surface area contributed by atoms with Crippen LogP contribution in [-0.2, 0) is 4.74 Å². The third-order valence-corrected chi connectivity index (χ3v) is 3.68. The van der Waals surface area contributed by atoms with Crippen LogP contribution in [0.3, 0.4) is 0 Å². The molecule has 0 aromatic heterocycles. The predicted octanol–water partition coefficient (Wildman–Crippen LogP) is 2.70. The molecule has 0 bridgehead atoms. The van der Waals surface area contributed by atoms with E-state index in [0.717, 1.165) is 16.5 Å². The first-order valence-corrected chi connectivity index (χ1v) is 6.67. The van der Waals surface area contributed by atoms with Crippen molar-refractivity contribution >= 4 is 21.8 Å². The van der Waals surface area contributed by atoms with Gasteiger partial charge in [0.25, 0.3) is 5.91 Å². The molecule has 0 N–H and O–H groups in total. The largest absolute Gasteiger partial charge is 0.375 e. The number of hydrogen-bond donors (Lipinski definition) is 0. The normalized spacial score (nSPS) is 20.4. The highest BCUT2D eigenvalue weighted by atomic mass is 79.9. The fraction of sp³-hybridized carbons (Fsp3) is 0.462. The molecule has 17 heavy (non-hydrogen) atoms. The van der Waals surface area contributed by atoms with E-state index < -0.39 is 0 Å². The van der Waals surface area contributed by atoms with Gasteiger partial charge in [-0.3, -0.25) is 4.79 Å². The van der Waals surface area contributed by atoms with E-state index in [0.29, 0.717) is 19.7 Å². The summed E-state index contributed by atoms with van der Waals surface area (Å²) in [5, 5.41) is 0. The van der Waals surface area contributed by atoms with Crippen molar-refractivity contribution in [2.45, 2.75) is 19.4 Å². The van der Waals surface area contributed by atoms with E-state index in [1.807, 2.05) is 29.2 Å². The Bertz CT molecular complexity index is 408. The Labute approximate surface area is 110 Å². The van der Waals surface area contributed by atoms with Crippen LogP contribution in [0.5, 0.6) is 0 Å². The van der Waals surface area contributed by atoms with Crippen LogP contribution in [0.25, 0.3) is 0 Å². The summed E-state index contributed by atoms with van der Waals surface area (Å²) in [6, 6.07) is 7.54. The molecule has 1 aromatic rings. The van der Waals surface area contributed by atoms with Crippen molar-refractivity contribution < 1.29 is 9.53 Å². The third kappa shape index (κ3) is 2.87. The van der Waals surface area contributed by atoms with Crippen LogP contribution < -0.4 is 0 Å². The van der Waals surface area contributed by atoms with Gasteiger partial charge in [0.2, 0.25) is 0 Å². The Kier molecular flexibility index (Phi) is 4.18. The van der Waals surface area contributed by atoms with Gasteiger partial charge < -0.3 is 9.64 Å². The molecule has 0 aliphatic carbocycles. The maximum Gasteiger partial charge on any atom is 0.255 e. The molecule has 1 amide bonds. The molecule has 1 aromatic carbocycles. The average Bonchev–Trinajstić information content (AvgIpc) is 2.38. The Morgan fingerprint density at radius 1 is 1.53 bits per heavy atom. The quantitative estimate of drug-likeness (QED) is 0.840. The van der Waals surface area contributed by atoms with Crippen LogP contribution in [0.2, 0.25) is 0 Å². The van der Waals surface area contributed by atoms with E-state index in [4.69, 9.17) is 4.74 Å². The lowest BCUT2D eigenvalue weighted by atomic mass is 10.1. The summed E-state index contributed by atoms with van der Waals surface area (Å²) in [6.45, 7) is 4.08. The molecule has 1 atom stereocenters. The Hall–Kier alpha value is -0.870. The number of carbonyl (C=O) groups is 1. The second kappa shape index (κ2) is 5.65. The fourth-order valence-corrected chi connectivity index (χ4v) is 2.41. The molecule has 2 rings (SSSR count). The van der Waals surface area contributed by atoms with E-state index in [1.165, 1.54) is 0 Å². The van der Waals surface area contributed by atoms with Crippen molar-refractivity contribution in [3.05, 3.63) is 34.3 Å². The first-order valence-electron chi connectivity index (χ1n) is 5.87. The highest BCUT2D eigenvalue weighted by molar-refractivity contribution is 9.10. The van der Waals surface area contributed by atoms with Gasteiger partial charge in [0, 0.05) is 17.6 Å². The Morgan fingerprint density at radius 2 is 2.29 bits per heavy atom. The zero-order valence-electron chi connectivity index (χ0n) is 9.86. The fourth-order valence-electron chi connectivity index (χ4n) is 1.96. The monoisotopic (exact) mass is 297 g/mol. The molecule has 0 radical (unpaired) electrons. The van der Waals surface area contributed by atoms with Crippen LogP contribution in [0.1, 0.15) is 23.7 Å². The van der Waals surface area contributed by atoms with Crippen molar-refractivity contribution in [2.75, 3.05) is 19.7 Å². The molecule has 0 spiro atoms. The third-order valence-electron chi connectivity index (χ3n) is 2.99. The molecule has 1 fully saturated rings. The van der Waals surface area contributed by atoms with E-state index in [9.17, 15) is 4.79 Å². The number of benzene rings is 1. The van der Waals surface area contributed by atoms with Crippen molar-refractivity contribution in [3.8, 4) is 0 Å². The number of carbonyl (C=O) groups excluding carboxylic acids is 1. The topological polar surface area (TPSA) is 29.5 Å². The smallest absolute Gasteiger partial charge is 0.255 e. The number of amides is 1. The van der Waals surface area contributed by atoms with Crippen LogP contribution in [0.4, 0.5) is 0 Å². The number of ether oxygens (including phenoxy) is 1. The van der Waals surface area contributed by atoms with Crippen LogP contribution in [-0.4, -0.2) is 36.6 Å². The lowest BCUT2D eigenvalue weighted by molar-refractivity contribution is -0.0226. The minimum absolute atomic E-state index is 0.0826. The summed E-state index contributed by atoms with van der Waals surface area (Å²) in [7, 11) is 0. The van der Waals surface area contributed by atoms with Gasteiger partial charge in [0.05, 0.1) is 18.3 Å². The molecule has 92 valence electrons. The molecule has 1 unspecified atom stereocenters. The summed E-state index contributed by atoms with van der Waals surface area (Å²) >= 11 is 3.42.